The maximum Gasteiger partial charge on any atom is 0.315 e. The molecule has 8 heteroatoms. The minimum atomic E-state index is -0.413. The van der Waals surface area contributed by atoms with Crippen LogP contribution in [-0.2, 0) is 11.3 Å². The van der Waals surface area contributed by atoms with Gasteiger partial charge in [0.25, 0.3) is 5.91 Å². The molecule has 2 amide bonds. The first-order valence-electron chi connectivity index (χ1n) is 8.72. The molecule has 1 N–H and O–H groups in total. The molecule has 0 radical (unpaired) electrons. The van der Waals surface area contributed by atoms with E-state index in [1.165, 1.54) is 17.6 Å². The van der Waals surface area contributed by atoms with Crippen LogP contribution in [0.4, 0.5) is 0 Å². The van der Waals surface area contributed by atoms with Crippen LogP contribution in [0.2, 0.25) is 0 Å². The van der Waals surface area contributed by atoms with Crippen LogP contribution in [0.15, 0.2) is 58.3 Å². The Morgan fingerprint density at radius 1 is 1.25 bits per heavy atom. The predicted molar refractivity (Wildman–Crippen MR) is 105 cm³/mol. The number of methoxy groups -OCH3 is 1. The Bertz CT molecular complexity index is 1000. The SMILES string of the molecule is COCCNC(=O)c1ccc(Cn2cc(C)sc2=NC(=O)c2ccco2)cc1. The maximum atomic E-state index is 12.2. The molecule has 0 unspecified atom stereocenters. The van der Waals surface area contributed by atoms with Crippen molar-refractivity contribution in [2.75, 3.05) is 20.3 Å². The summed E-state index contributed by atoms with van der Waals surface area (Å²) in [7, 11) is 1.59. The van der Waals surface area contributed by atoms with E-state index in [1.54, 1.807) is 31.4 Å². The minimum absolute atomic E-state index is 0.137. The second kappa shape index (κ2) is 9.29. The van der Waals surface area contributed by atoms with Gasteiger partial charge in [-0.25, -0.2) is 0 Å². The Labute approximate surface area is 166 Å². The van der Waals surface area contributed by atoms with Crippen molar-refractivity contribution in [3.63, 3.8) is 0 Å². The predicted octanol–water partition coefficient (Wildman–Crippen LogP) is 2.62. The number of amides is 2. The Morgan fingerprint density at radius 2 is 2.04 bits per heavy atom. The average molecular weight is 399 g/mol. The van der Waals surface area contributed by atoms with E-state index in [0.717, 1.165) is 10.4 Å². The van der Waals surface area contributed by atoms with Crippen LogP contribution in [0.3, 0.4) is 0 Å². The van der Waals surface area contributed by atoms with Crippen LogP contribution < -0.4 is 10.1 Å². The quantitative estimate of drug-likeness (QED) is 0.619. The summed E-state index contributed by atoms with van der Waals surface area (Å²) >= 11 is 1.44. The summed E-state index contributed by atoms with van der Waals surface area (Å²) in [6.45, 7) is 3.45. The number of nitrogens with zero attached hydrogens (tertiary/aromatic N) is 2. The molecule has 0 aliphatic heterocycles. The number of aryl methyl sites for hydroxylation is 1. The highest BCUT2D eigenvalue weighted by atomic mass is 32.1. The number of carbonyl (C=O) groups excluding carboxylic acids is 2. The normalized spacial score (nSPS) is 11.6. The second-order valence-corrected chi connectivity index (χ2v) is 7.31. The number of hydrogen-bond acceptors (Lipinski definition) is 5. The minimum Gasteiger partial charge on any atom is -0.459 e. The first-order valence-corrected chi connectivity index (χ1v) is 9.54. The van der Waals surface area contributed by atoms with E-state index >= 15 is 0 Å². The molecule has 1 aromatic carbocycles. The number of furan rings is 1. The van der Waals surface area contributed by atoms with Crippen molar-refractivity contribution in [3.8, 4) is 0 Å². The van der Waals surface area contributed by atoms with Gasteiger partial charge in [0.1, 0.15) is 0 Å². The molecule has 0 fully saturated rings. The third kappa shape index (κ3) is 5.05. The summed E-state index contributed by atoms with van der Waals surface area (Å²) in [4.78, 5) is 30.1. The van der Waals surface area contributed by atoms with Gasteiger partial charge in [-0.2, -0.15) is 4.99 Å². The summed E-state index contributed by atoms with van der Waals surface area (Å²) in [5.41, 5.74) is 1.59. The molecule has 0 spiro atoms. The standard InChI is InChI=1S/C20H21N3O4S/c1-14-12-23(20(28-14)22-19(25)17-4-3-10-27-17)13-15-5-7-16(8-6-15)18(24)21-9-11-26-2/h3-8,10,12H,9,11,13H2,1-2H3,(H,21,24). The van der Waals surface area contributed by atoms with Crippen LogP contribution in [-0.4, -0.2) is 36.6 Å². The Balaban J connectivity index is 1.74. The molecule has 0 aliphatic rings. The molecule has 28 heavy (non-hydrogen) atoms. The lowest BCUT2D eigenvalue weighted by Gasteiger charge is -2.07. The Kier molecular flexibility index (Phi) is 6.57. The fourth-order valence-electron chi connectivity index (χ4n) is 2.57. The van der Waals surface area contributed by atoms with Gasteiger partial charge in [-0.15, -0.1) is 11.3 Å². The molecular weight excluding hydrogens is 378 g/mol. The molecule has 0 bridgehead atoms. The number of rotatable bonds is 7. The molecule has 0 aliphatic carbocycles. The number of thiazole rings is 1. The molecule has 2 aromatic heterocycles. The Morgan fingerprint density at radius 3 is 2.71 bits per heavy atom. The van der Waals surface area contributed by atoms with Crippen molar-refractivity contribution in [1.29, 1.82) is 0 Å². The summed E-state index contributed by atoms with van der Waals surface area (Å²) in [5.74, 6) is -0.340. The van der Waals surface area contributed by atoms with Gasteiger partial charge in [-0.05, 0) is 36.8 Å². The van der Waals surface area contributed by atoms with Crippen LogP contribution in [0, 0.1) is 6.92 Å². The van der Waals surface area contributed by atoms with Crippen molar-refractivity contribution in [2.24, 2.45) is 4.99 Å². The van der Waals surface area contributed by atoms with Gasteiger partial charge in [-0.3, -0.25) is 9.59 Å². The highest BCUT2D eigenvalue weighted by Gasteiger charge is 2.09. The Hall–Kier alpha value is -2.97. The van der Waals surface area contributed by atoms with Gasteiger partial charge in [-0.1, -0.05) is 12.1 Å². The van der Waals surface area contributed by atoms with Crippen molar-refractivity contribution >= 4 is 23.2 Å². The number of ether oxygens (including phenoxy) is 1. The first-order chi connectivity index (χ1) is 13.6. The lowest BCUT2D eigenvalue weighted by molar-refractivity contribution is 0.0935. The van der Waals surface area contributed by atoms with E-state index in [2.05, 4.69) is 10.3 Å². The number of carbonyl (C=O) groups is 2. The zero-order valence-corrected chi connectivity index (χ0v) is 16.5. The lowest BCUT2D eigenvalue weighted by Crippen LogP contribution is -2.26. The molecule has 7 nitrogen and oxygen atoms in total. The first kappa shape index (κ1) is 19.8. The second-order valence-electron chi connectivity index (χ2n) is 6.09. The monoisotopic (exact) mass is 399 g/mol. The van der Waals surface area contributed by atoms with Gasteiger partial charge in [0.2, 0.25) is 0 Å². The topological polar surface area (TPSA) is 85.8 Å². The number of nitrogens with one attached hydrogen (secondary N) is 1. The number of aromatic nitrogens is 1. The highest BCUT2D eigenvalue weighted by Crippen LogP contribution is 2.09. The van der Waals surface area contributed by atoms with Crippen LogP contribution in [0.5, 0.6) is 0 Å². The summed E-state index contributed by atoms with van der Waals surface area (Å²) in [5, 5.41) is 2.79. The molecule has 0 atom stereocenters. The van der Waals surface area contributed by atoms with Crippen LogP contribution in [0.25, 0.3) is 0 Å². The fraction of sp³-hybridized carbons (Fsp3) is 0.250. The highest BCUT2D eigenvalue weighted by molar-refractivity contribution is 7.09. The van der Waals surface area contributed by atoms with Gasteiger partial charge in [0.05, 0.1) is 12.9 Å². The smallest absolute Gasteiger partial charge is 0.315 e. The molecule has 0 saturated heterocycles. The van der Waals surface area contributed by atoms with Crippen molar-refractivity contribution < 1.29 is 18.7 Å². The summed E-state index contributed by atoms with van der Waals surface area (Å²) in [6, 6.07) is 10.6. The maximum absolute atomic E-state index is 12.2. The number of benzene rings is 1. The van der Waals surface area contributed by atoms with Crippen molar-refractivity contribution in [3.05, 3.63) is 75.4 Å². The molecule has 3 aromatic rings. The molecule has 146 valence electrons. The van der Waals surface area contributed by atoms with Gasteiger partial charge >= 0.3 is 5.91 Å². The van der Waals surface area contributed by atoms with E-state index in [0.29, 0.717) is 30.1 Å². The molecule has 2 heterocycles. The van der Waals surface area contributed by atoms with E-state index in [4.69, 9.17) is 9.15 Å². The summed E-state index contributed by atoms with van der Waals surface area (Å²) < 4.78 is 11.9. The number of hydrogen-bond donors (Lipinski definition) is 1. The largest absolute Gasteiger partial charge is 0.459 e. The zero-order valence-electron chi connectivity index (χ0n) is 15.7. The van der Waals surface area contributed by atoms with Gasteiger partial charge in [0.15, 0.2) is 10.6 Å². The molecule has 0 saturated carbocycles. The van der Waals surface area contributed by atoms with E-state index in [1.807, 2.05) is 29.8 Å². The van der Waals surface area contributed by atoms with Gasteiger partial charge < -0.3 is 19.0 Å². The fourth-order valence-corrected chi connectivity index (χ4v) is 3.40. The molecular formula is C20H21N3O4S. The van der Waals surface area contributed by atoms with Gasteiger partial charge in [0, 0.05) is 36.8 Å². The molecule has 3 rings (SSSR count). The van der Waals surface area contributed by atoms with Crippen LogP contribution in [0.1, 0.15) is 31.4 Å². The van der Waals surface area contributed by atoms with E-state index < -0.39 is 5.91 Å². The van der Waals surface area contributed by atoms with Crippen LogP contribution >= 0.6 is 11.3 Å². The third-order valence-electron chi connectivity index (χ3n) is 3.93. The van der Waals surface area contributed by atoms with E-state index in [9.17, 15) is 9.59 Å². The summed E-state index contributed by atoms with van der Waals surface area (Å²) in [6.07, 6.45) is 3.40. The van der Waals surface area contributed by atoms with Crippen molar-refractivity contribution in [1.82, 2.24) is 9.88 Å². The third-order valence-corrected chi connectivity index (χ3v) is 4.86. The lowest BCUT2D eigenvalue weighted by atomic mass is 10.1. The zero-order chi connectivity index (χ0) is 19.9. The van der Waals surface area contributed by atoms with E-state index in [-0.39, 0.29) is 11.7 Å². The average Bonchev–Trinajstić information content (AvgIpc) is 3.33. The van der Waals surface area contributed by atoms with Crippen molar-refractivity contribution in [2.45, 2.75) is 13.5 Å².